The summed E-state index contributed by atoms with van der Waals surface area (Å²) in [4.78, 5) is 23.5. The van der Waals surface area contributed by atoms with Crippen LogP contribution in [0.4, 0.5) is 0 Å². The van der Waals surface area contributed by atoms with Gasteiger partial charge in [-0.1, -0.05) is 19.1 Å². The van der Waals surface area contributed by atoms with E-state index < -0.39 is 0 Å². The molecule has 1 fully saturated rings. The Morgan fingerprint density at radius 1 is 1.19 bits per heavy atom. The molecule has 1 unspecified atom stereocenters. The number of nitrogens with one attached hydrogen (secondary N) is 2. The van der Waals surface area contributed by atoms with Crippen LogP contribution in [0.15, 0.2) is 29.3 Å². The Balaban J connectivity index is 0.00000480. The van der Waals surface area contributed by atoms with Crippen LogP contribution < -0.4 is 10.6 Å². The van der Waals surface area contributed by atoms with Crippen LogP contribution in [-0.2, 0) is 6.42 Å². The SMILES string of the molecule is CCNC(=NCC(C)CN1CCN(C)CC1)NCCc1cccc(C(=O)N(C)C)c1.I. The lowest BCUT2D eigenvalue weighted by molar-refractivity contribution is 0.0827. The lowest BCUT2D eigenvalue weighted by Crippen LogP contribution is -2.46. The minimum atomic E-state index is 0. The van der Waals surface area contributed by atoms with E-state index in [2.05, 4.69) is 47.4 Å². The lowest BCUT2D eigenvalue weighted by atomic mass is 10.1. The van der Waals surface area contributed by atoms with Crippen LogP contribution in [0.25, 0.3) is 0 Å². The summed E-state index contributed by atoms with van der Waals surface area (Å²) in [5, 5.41) is 6.76. The van der Waals surface area contributed by atoms with Crippen LogP contribution in [0.2, 0.25) is 0 Å². The number of piperazine rings is 1. The van der Waals surface area contributed by atoms with Crippen molar-refractivity contribution in [3.8, 4) is 0 Å². The van der Waals surface area contributed by atoms with E-state index in [0.29, 0.717) is 5.92 Å². The Morgan fingerprint density at radius 3 is 2.55 bits per heavy atom. The van der Waals surface area contributed by atoms with Crippen LogP contribution in [0.3, 0.4) is 0 Å². The Morgan fingerprint density at radius 2 is 1.90 bits per heavy atom. The molecule has 0 bridgehead atoms. The molecule has 1 aromatic rings. The van der Waals surface area contributed by atoms with Gasteiger partial charge in [0, 0.05) is 72.0 Å². The van der Waals surface area contributed by atoms with Gasteiger partial charge in [-0.2, -0.15) is 0 Å². The molecule has 1 atom stereocenters. The fourth-order valence-corrected chi connectivity index (χ4v) is 3.56. The molecule has 0 spiro atoms. The molecule has 1 aromatic carbocycles. The molecule has 8 heteroatoms. The molecule has 2 rings (SSSR count). The molecule has 2 N–H and O–H groups in total. The third kappa shape index (κ3) is 10.2. The van der Waals surface area contributed by atoms with Gasteiger partial charge in [-0.15, -0.1) is 24.0 Å². The van der Waals surface area contributed by atoms with E-state index in [1.807, 2.05) is 18.2 Å². The summed E-state index contributed by atoms with van der Waals surface area (Å²) in [5.41, 5.74) is 1.88. The average Bonchev–Trinajstić information content (AvgIpc) is 2.73. The summed E-state index contributed by atoms with van der Waals surface area (Å²) in [6.07, 6.45) is 0.843. The van der Waals surface area contributed by atoms with Crippen molar-refractivity contribution in [3.05, 3.63) is 35.4 Å². The second kappa shape index (κ2) is 14.6. The summed E-state index contributed by atoms with van der Waals surface area (Å²) in [6, 6.07) is 7.86. The van der Waals surface area contributed by atoms with E-state index in [4.69, 9.17) is 4.99 Å². The number of carbonyl (C=O) groups excluding carboxylic acids is 1. The molecule has 1 saturated heterocycles. The van der Waals surface area contributed by atoms with Crippen molar-refractivity contribution in [2.45, 2.75) is 20.3 Å². The highest BCUT2D eigenvalue weighted by Crippen LogP contribution is 2.08. The van der Waals surface area contributed by atoms with Crippen LogP contribution in [0.1, 0.15) is 29.8 Å². The third-order valence-electron chi connectivity index (χ3n) is 5.36. The Labute approximate surface area is 205 Å². The first-order valence-electron chi connectivity index (χ1n) is 11.1. The van der Waals surface area contributed by atoms with E-state index in [1.54, 1.807) is 19.0 Å². The monoisotopic (exact) mass is 544 g/mol. The maximum atomic E-state index is 12.1. The van der Waals surface area contributed by atoms with Crippen molar-refractivity contribution in [3.63, 3.8) is 0 Å². The number of hydrogen-bond acceptors (Lipinski definition) is 4. The van der Waals surface area contributed by atoms with Crippen molar-refractivity contribution in [1.29, 1.82) is 0 Å². The summed E-state index contributed by atoms with van der Waals surface area (Å²) in [5.74, 6) is 1.43. The molecule has 0 radical (unpaired) electrons. The number of guanidine groups is 1. The first-order chi connectivity index (χ1) is 14.4. The van der Waals surface area contributed by atoms with E-state index in [9.17, 15) is 4.79 Å². The van der Waals surface area contributed by atoms with Crippen molar-refractivity contribution < 1.29 is 4.79 Å². The molecule has 0 aromatic heterocycles. The number of rotatable bonds is 9. The van der Waals surface area contributed by atoms with Gasteiger partial charge in [-0.05, 0) is 44.0 Å². The largest absolute Gasteiger partial charge is 0.357 e. The Bertz CT molecular complexity index is 688. The number of nitrogens with zero attached hydrogens (tertiary/aromatic N) is 4. The molecule has 176 valence electrons. The Kier molecular flexibility index (Phi) is 13.0. The van der Waals surface area contributed by atoms with Crippen LogP contribution in [-0.4, -0.2) is 100 Å². The zero-order chi connectivity index (χ0) is 21.9. The number of likely N-dealkylation sites (N-methyl/N-ethyl adjacent to an activating group) is 1. The van der Waals surface area contributed by atoms with Gasteiger partial charge in [0.05, 0.1) is 0 Å². The van der Waals surface area contributed by atoms with E-state index in [-0.39, 0.29) is 29.9 Å². The molecular weight excluding hydrogens is 503 g/mol. The summed E-state index contributed by atoms with van der Waals surface area (Å²) in [7, 11) is 5.75. The molecular formula is C23H41IN6O. The van der Waals surface area contributed by atoms with Gasteiger partial charge in [-0.25, -0.2) is 0 Å². The number of benzene rings is 1. The number of amides is 1. The van der Waals surface area contributed by atoms with Crippen molar-refractivity contribution in [1.82, 2.24) is 25.3 Å². The molecule has 1 amide bonds. The fraction of sp³-hybridized carbons (Fsp3) is 0.652. The summed E-state index contributed by atoms with van der Waals surface area (Å²) in [6.45, 7) is 12.5. The number of aliphatic imine (C=N–C) groups is 1. The predicted octanol–water partition coefficient (Wildman–Crippen LogP) is 1.99. The van der Waals surface area contributed by atoms with Crippen LogP contribution in [0.5, 0.6) is 0 Å². The quantitative estimate of drug-likeness (QED) is 0.283. The van der Waals surface area contributed by atoms with Crippen molar-refractivity contribution >= 4 is 35.8 Å². The van der Waals surface area contributed by atoms with Gasteiger partial charge in [0.2, 0.25) is 0 Å². The molecule has 1 aliphatic heterocycles. The van der Waals surface area contributed by atoms with Gasteiger partial charge in [-0.3, -0.25) is 9.79 Å². The summed E-state index contributed by atoms with van der Waals surface area (Å²) < 4.78 is 0. The maximum Gasteiger partial charge on any atom is 0.253 e. The average molecular weight is 545 g/mol. The highest BCUT2D eigenvalue weighted by molar-refractivity contribution is 14.0. The minimum absolute atomic E-state index is 0. The normalized spacial score (nSPS) is 16.4. The maximum absolute atomic E-state index is 12.1. The zero-order valence-corrected chi connectivity index (χ0v) is 22.2. The minimum Gasteiger partial charge on any atom is -0.357 e. The third-order valence-corrected chi connectivity index (χ3v) is 5.36. The van der Waals surface area contributed by atoms with Gasteiger partial charge in [0.15, 0.2) is 5.96 Å². The first-order valence-corrected chi connectivity index (χ1v) is 11.1. The second-order valence-corrected chi connectivity index (χ2v) is 8.51. The van der Waals surface area contributed by atoms with Crippen LogP contribution in [0, 0.1) is 5.92 Å². The molecule has 0 aliphatic carbocycles. The number of carbonyl (C=O) groups is 1. The zero-order valence-electron chi connectivity index (χ0n) is 19.9. The Hall–Kier alpha value is -1.39. The van der Waals surface area contributed by atoms with Crippen LogP contribution >= 0.6 is 24.0 Å². The van der Waals surface area contributed by atoms with E-state index in [1.165, 1.54) is 0 Å². The van der Waals surface area contributed by atoms with Gasteiger partial charge >= 0.3 is 0 Å². The molecule has 7 nitrogen and oxygen atoms in total. The topological polar surface area (TPSA) is 63.2 Å². The van der Waals surface area contributed by atoms with Crippen molar-refractivity contribution in [2.24, 2.45) is 10.9 Å². The van der Waals surface area contributed by atoms with Crippen molar-refractivity contribution in [2.75, 3.05) is 73.5 Å². The number of hydrogen-bond donors (Lipinski definition) is 2. The first kappa shape index (κ1) is 27.6. The highest BCUT2D eigenvalue weighted by Gasteiger charge is 2.16. The molecule has 1 aliphatic rings. The highest BCUT2D eigenvalue weighted by atomic mass is 127. The lowest BCUT2D eigenvalue weighted by Gasteiger charge is -2.33. The standard InChI is InChI=1S/C23H40N6O.HI/c1-6-24-23(26-17-19(2)18-29-14-12-28(5)13-15-29)25-11-10-20-8-7-9-21(16-20)22(30)27(3)4;/h7-9,16,19H,6,10-15,17-18H2,1-5H3,(H2,24,25,26);1H. The smallest absolute Gasteiger partial charge is 0.253 e. The summed E-state index contributed by atoms with van der Waals surface area (Å²) >= 11 is 0. The second-order valence-electron chi connectivity index (χ2n) is 8.51. The van der Waals surface area contributed by atoms with Gasteiger partial charge in [0.25, 0.3) is 5.91 Å². The van der Waals surface area contributed by atoms with Gasteiger partial charge in [0.1, 0.15) is 0 Å². The van der Waals surface area contributed by atoms with E-state index in [0.717, 1.165) is 75.9 Å². The number of halogens is 1. The fourth-order valence-electron chi connectivity index (χ4n) is 3.56. The molecule has 0 saturated carbocycles. The van der Waals surface area contributed by atoms with Gasteiger partial charge < -0.3 is 25.3 Å². The molecule has 31 heavy (non-hydrogen) atoms. The predicted molar refractivity (Wildman–Crippen MR) is 141 cm³/mol. The molecule has 1 heterocycles. The van der Waals surface area contributed by atoms with E-state index >= 15 is 0 Å².